The third kappa shape index (κ3) is 54.3. The lowest BCUT2D eigenvalue weighted by Gasteiger charge is -2.22. The molecule has 1 amide bonds. The number of aliphatic hydroxyl groups excluding tert-OH is 2. The molecule has 0 heterocycles. The van der Waals surface area contributed by atoms with E-state index in [2.05, 4.69) is 19.2 Å². The van der Waals surface area contributed by atoms with Crippen LogP contribution in [0.3, 0.4) is 0 Å². The van der Waals surface area contributed by atoms with Crippen molar-refractivity contribution >= 4 is 5.91 Å². The van der Waals surface area contributed by atoms with Gasteiger partial charge in [0.05, 0.1) is 18.8 Å². The Morgan fingerprint density at radius 2 is 0.485 bits per heavy atom. The van der Waals surface area contributed by atoms with Crippen molar-refractivity contribution in [3.05, 3.63) is 0 Å². The van der Waals surface area contributed by atoms with Crippen LogP contribution in [0.15, 0.2) is 0 Å². The molecule has 4 heteroatoms. The average Bonchev–Trinajstić information content (AvgIpc) is 3.32. The van der Waals surface area contributed by atoms with Crippen molar-refractivity contribution < 1.29 is 15.0 Å². The van der Waals surface area contributed by atoms with Crippen molar-refractivity contribution in [2.24, 2.45) is 0 Å². The van der Waals surface area contributed by atoms with Crippen LogP contribution in [-0.4, -0.2) is 34.9 Å². The molecular formula is C62H125NO3. The normalized spacial score (nSPS) is 12.6. The molecule has 4 nitrogen and oxygen atoms in total. The molecule has 0 bridgehead atoms. The van der Waals surface area contributed by atoms with E-state index in [4.69, 9.17) is 0 Å². The first kappa shape index (κ1) is 65.4. The van der Waals surface area contributed by atoms with Gasteiger partial charge in [-0.15, -0.1) is 0 Å². The lowest BCUT2D eigenvalue weighted by atomic mass is 10.0. The molecule has 0 spiro atoms. The van der Waals surface area contributed by atoms with E-state index in [9.17, 15) is 15.0 Å². The Labute approximate surface area is 416 Å². The summed E-state index contributed by atoms with van der Waals surface area (Å²) in [6, 6.07) is -0.531. The number of aliphatic hydroxyl groups is 2. The smallest absolute Gasteiger partial charge is 0.220 e. The number of carbonyl (C=O) groups excluding carboxylic acids is 1. The second-order valence-electron chi connectivity index (χ2n) is 21.8. The van der Waals surface area contributed by atoms with Gasteiger partial charge in [-0.2, -0.15) is 0 Å². The number of carbonyl (C=O) groups is 1. The highest BCUT2D eigenvalue weighted by atomic mass is 16.3. The highest BCUT2D eigenvalue weighted by Crippen LogP contribution is 2.19. The first-order valence-electron chi connectivity index (χ1n) is 31.2. The molecular weight excluding hydrogens is 807 g/mol. The van der Waals surface area contributed by atoms with Crippen molar-refractivity contribution in [3.63, 3.8) is 0 Å². The van der Waals surface area contributed by atoms with Gasteiger partial charge in [0.2, 0.25) is 5.91 Å². The molecule has 66 heavy (non-hydrogen) atoms. The highest BCUT2D eigenvalue weighted by molar-refractivity contribution is 5.76. The van der Waals surface area contributed by atoms with Crippen LogP contribution in [0.4, 0.5) is 0 Å². The Bertz CT molecular complexity index is 879. The molecule has 0 aliphatic carbocycles. The maximum Gasteiger partial charge on any atom is 0.220 e. The van der Waals surface area contributed by atoms with Gasteiger partial charge in [0, 0.05) is 6.42 Å². The number of nitrogens with one attached hydrogen (secondary N) is 1. The second kappa shape index (κ2) is 58.7. The Kier molecular flexibility index (Phi) is 58.2. The molecule has 0 aromatic carbocycles. The zero-order valence-electron chi connectivity index (χ0n) is 45.8. The predicted molar refractivity (Wildman–Crippen MR) is 295 cm³/mol. The number of rotatable bonds is 59. The molecule has 2 atom stereocenters. The summed E-state index contributed by atoms with van der Waals surface area (Å²) in [6.07, 6.45) is 75.7. The lowest BCUT2D eigenvalue weighted by Crippen LogP contribution is -2.45. The SMILES string of the molecule is CCCCCCCCCCCCCCCCCCCCCCCCCCCCCCCCCCCCCCCCCC(=O)NC(CO)C(O)CCCCCCCCCCCCCCCCC. The Hall–Kier alpha value is -0.610. The van der Waals surface area contributed by atoms with Crippen molar-refractivity contribution in [1.29, 1.82) is 0 Å². The minimum atomic E-state index is -0.654. The Balaban J connectivity index is 3.31. The van der Waals surface area contributed by atoms with Gasteiger partial charge < -0.3 is 15.5 Å². The van der Waals surface area contributed by atoms with Crippen LogP contribution in [-0.2, 0) is 4.79 Å². The largest absolute Gasteiger partial charge is 0.394 e. The quantitative estimate of drug-likeness (QED) is 0.0532. The zero-order valence-corrected chi connectivity index (χ0v) is 45.8. The molecule has 0 aromatic heterocycles. The van der Waals surface area contributed by atoms with E-state index < -0.39 is 12.1 Å². The second-order valence-corrected chi connectivity index (χ2v) is 21.8. The lowest BCUT2D eigenvalue weighted by molar-refractivity contribution is -0.123. The summed E-state index contributed by atoms with van der Waals surface area (Å²) >= 11 is 0. The van der Waals surface area contributed by atoms with Gasteiger partial charge in [-0.1, -0.05) is 354 Å². The van der Waals surface area contributed by atoms with E-state index in [1.165, 1.54) is 321 Å². The van der Waals surface area contributed by atoms with Crippen LogP contribution >= 0.6 is 0 Å². The van der Waals surface area contributed by atoms with Crippen molar-refractivity contribution in [1.82, 2.24) is 5.32 Å². The van der Waals surface area contributed by atoms with Gasteiger partial charge in [-0.25, -0.2) is 0 Å². The monoisotopic (exact) mass is 932 g/mol. The molecule has 396 valence electrons. The molecule has 0 saturated carbocycles. The van der Waals surface area contributed by atoms with Crippen LogP contribution in [0, 0.1) is 0 Å². The Morgan fingerprint density at radius 1 is 0.303 bits per heavy atom. The predicted octanol–water partition coefficient (Wildman–Crippen LogP) is 20.7. The molecule has 3 N–H and O–H groups in total. The van der Waals surface area contributed by atoms with Crippen LogP contribution < -0.4 is 5.32 Å². The average molecular weight is 933 g/mol. The standard InChI is InChI=1S/C62H125NO3/c1-3-5-7-9-11-13-15-17-19-20-21-22-23-24-25-26-27-28-29-30-31-32-33-34-35-36-37-38-39-40-41-42-44-46-48-50-52-54-56-58-62(66)63-60(59-64)61(65)57-55-53-51-49-47-45-43-18-16-14-12-10-8-6-4-2/h60-61,64-65H,3-59H2,1-2H3,(H,63,66). The fourth-order valence-electron chi connectivity index (χ4n) is 10.4. The van der Waals surface area contributed by atoms with Crippen molar-refractivity contribution in [2.75, 3.05) is 6.61 Å². The molecule has 0 aromatic rings. The van der Waals surface area contributed by atoms with Gasteiger partial charge in [0.1, 0.15) is 0 Å². The molecule has 0 rings (SSSR count). The van der Waals surface area contributed by atoms with Gasteiger partial charge in [-0.05, 0) is 12.8 Å². The van der Waals surface area contributed by atoms with Gasteiger partial charge >= 0.3 is 0 Å². The summed E-state index contributed by atoms with van der Waals surface area (Å²) in [5.74, 6) is -0.0221. The molecule has 0 aliphatic heterocycles. The van der Waals surface area contributed by atoms with E-state index >= 15 is 0 Å². The first-order valence-corrected chi connectivity index (χ1v) is 31.2. The fraction of sp³-hybridized carbons (Fsp3) is 0.984. The highest BCUT2D eigenvalue weighted by Gasteiger charge is 2.20. The number of hydrogen-bond acceptors (Lipinski definition) is 3. The number of amides is 1. The number of unbranched alkanes of at least 4 members (excludes halogenated alkanes) is 52. The molecule has 0 aliphatic rings. The summed E-state index contributed by atoms with van der Waals surface area (Å²) < 4.78 is 0. The third-order valence-electron chi connectivity index (χ3n) is 15.1. The molecule has 2 unspecified atom stereocenters. The maximum absolute atomic E-state index is 12.5. The Morgan fingerprint density at radius 3 is 0.682 bits per heavy atom. The van der Waals surface area contributed by atoms with Crippen LogP contribution in [0.1, 0.15) is 373 Å². The maximum atomic E-state index is 12.5. The van der Waals surface area contributed by atoms with Gasteiger partial charge in [-0.3, -0.25) is 4.79 Å². The molecule has 0 radical (unpaired) electrons. The van der Waals surface area contributed by atoms with E-state index in [0.717, 1.165) is 25.7 Å². The molecule has 0 saturated heterocycles. The summed E-state index contributed by atoms with van der Waals surface area (Å²) in [5.41, 5.74) is 0. The van der Waals surface area contributed by atoms with Crippen LogP contribution in [0.5, 0.6) is 0 Å². The van der Waals surface area contributed by atoms with Crippen molar-refractivity contribution in [3.8, 4) is 0 Å². The summed E-state index contributed by atoms with van der Waals surface area (Å²) in [4.78, 5) is 12.5. The summed E-state index contributed by atoms with van der Waals surface area (Å²) in [5, 5.41) is 23.3. The first-order chi connectivity index (χ1) is 32.7. The summed E-state index contributed by atoms with van der Waals surface area (Å²) in [6.45, 7) is 4.40. The topological polar surface area (TPSA) is 69.6 Å². The summed E-state index contributed by atoms with van der Waals surface area (Å²) in [7, 11) is 0. The van der Waals surface area contributed by atoms with Crippen molar-refractivity contribution in [2.45, 2.75) is 386 Å². The zero-order chi connectivity index (χ0) is 47.7. The van der Waals surface area contributed by atoms with E-state index in [1.807, 2.05) is 0 Å². The van der Waals surface area contributed by atoms with Crippen LogP contribution in [0.25, 0.3) is 0 Å². The van der Waals surface area contributed by atoms with Gasteiger partial charge in [0.15, 0.2) is 0 Å². The van der Waals surface area contributed by atoms with E-state index in [-0.39, 0.29) is 12.5 Å². The third-order valence-corrected chi connectivity index (χ3v) is 15.1. The van der Waals surface area contributed by atoms with Gasteiger partial charge in [0.25, 0.3) is 0 Å². The van der Waals surface area contributed by atoms with Crippen LogP contribution in [0.2, 0.25) is 0 Å². The molecule has 0 fully saturated rings. The van der Waals surface area contributed by atoms with E-state index in [1.54, 1.807) is 0 Å². The minimum absolute atomic E-state index is 0.0221. The van der Waals surface area contributed by atoms with E-state index in [0.29, 0.717) is 12.8 Å². The minimum Gasteiger partial charge on any atom is -0.394 e. The number of hydrogen-bond donors (Lipinski definition) is 3. The fourth-order valence-corrected chi connectivity index (χ4v) is 10.4.